The Kier molecular flexibility index (Phi) is 5.89. The number of hydrogen-bond donors (Lipinski definition) is 2. The number of aliphatic hydroxyl groups is 1. The lowest BCUT2D eigenvalue weighted by Crippen LogP contribution is -2.63. The molecule has 3 heterocycles. The van der Waals surface area contributed by atoms with Crippen LogP contribution < -0.4 is 21.7 Å². The van der Waals surface area contributed by atoms with Crippen molar-refractivity contribution < 1.29 is 24.2 Å². The maximum absolute atomic E-state index is 13.8. The second-order valence-electron chi connectivity index (χ2n) is 10.8. The fourth-order valence-corrected chi connectivity index (χ4v) is 8.95. The van der Waals surface area contributed by atoms with Crippen LogP contribution in [0.1, 0.15) is 30.2 Å². The van der Waals surface area contributed by atoms with Gasteiger partial charge in [0.25, 0.3) is 0 Å². The molecule has 0 fully saturated rings. The summed E-state index contributed by atoms with van der Waals surface area (Å²) >= 11 is 0. The highest BCUT2D eigenvalue weighted by molar-refractivity contribution is 6.91. The Morgan fingerprint density at radius 1 is 1.21 bits per heavy atom. The van der Waals surface area contributed by atoms with Crippen LogP contribution in [-0.2, 0) is 32.0 Å². The van der Waals surface area contributed by atoms with E-state index in [1.165, 1.54) is 0 Å². The van der Waals surface area contributed by atoms with Gasteiger partial charge in [-0.25, -0.2) is 9.78 Å². The first-order valence-corrected chi connectivity index (χ1v) is 16.3. The SMILES string of the molecule is CCC1(OC(=O)CN)C(=O)OC([Si](C)(C)c2ccccc2)C2=C1Cc1nc3n(c1=C2O)Cc1ccccc1C=3. The van der Waals surface area contributed by atoms with Gasteiger partial charge in [0.05, 0.1) is 18.8 Å². The standard InChI is InChI=1S/C30H31N3O5Si/c1-4-30(38-24(34)16-31)21-15-22-26(33-17-19-11-9-8-10-18(19)14-23(33)32-22)27(35)25(21)28(37-29(30)36)39(2,3)20-12-6-5-7-13-20/h5-14,28,35H,4,15-17,31H2,1-3H3. The van der Waals surface area contributed by atoms with Crippen LogP contribution in [0.5, 0.6) is 0 Å². The number of hydrogen-bond acceptors (Lipinski definition) is 7. The van der Waals surface area contributed by atoms with Crippen molar-refractivity contribution in [1.29, 1.82) is 0 Å². The number of ether oxygens (including phenoxy) is 2. The first-order chi connectivity index (χ1) is 18.7. The van der Waals surface area contributed by atoms with Gasteiger partial charge in [0.15, 0.2) is 0 Å². The van der Waals surface area contributed by atoms with Crippen molar-refractivity contribution in [1.82, 2.24) is 9.55 Å². The number of aromatic nitrogens is 2. The van der Waals surface area contributed by atoms with E-state index in [1.54, 1.807) is 6.92 Å². The van der Waals surface area contributed by atoms with Gasteiger partial charge in [0.2, 0.25) is 5.60 Å². The van der Waals surface area contributed by atoms with Crippen LogP contribution in [0.15, 0.2) is 65.7 Å². The smallest absolute Gasteiger partial charge is 0.355 e. The average molecular weight is 542 g/mol. The van der Waals surface area contributed by atoms with Crippen LogP contribution in [0.2, 0.25) is 13.1 Å². The molecule has 3 aromatic rings. The fourth-order valence-electron chi connectivity index (χ4n) is 6.16. The van der Waals surface area contributed by atoms with Gasteiger partial charge in [-0.2, -0.15) is 0 Å². The third-order valence-corrected chi connectivity index (χ3v) is 11.9. The summed E-state index contributed by atoms with van der Waals surface area (Å²) in [6.45, 7) is 6.19. The Hall–Kier alpha value is -3.95. The lowest BCUT2D eigenvalue weighted by Gasteiger charge is -2.45. The molecule has 0 radical (unpaired) electrons. The molecule has 6 rings (SSSR count). The summed E-state index contributed by atoms with van der Waals surface area (Å²) in [7, 11) is -2.57. The first kappa shape index (κ1) is 25.3. The summed E-state index contributed by atoms with van der Waals surface area (Å²) in [4.78, 5) is 31.2. The zero-order valence-corrected chi connectivity index (χ0v) is 23.2. The van der Waals surface area contributed by atoms with E-state index in [0.29, 0.717) is 28.7 Å². The highest BCUT2D eigenvalue weighted by atomic mass is 28.3. The normalized spacial score (nSPS) is 21.7. The maximum atomic E-state index is 13.8. The second-order valence-corrected chi connectivity index (χ2v) is 15.4. The van der Waals surface area contributed by atoms with Gasteiger partial charge in [-0.15, -0.1) is 0 Å². The number of imidazole rings is 1. The van der Waals surface area contributed by atoms with Crippen LogP contribution in [0.25, 0.3) is 11.8 Å². The molecule has 2 aliphatic heterocycles. The van der Waals surface area contributed by atoms with E-state index in [4.69, 9.17) is 20.2 Å². The topological polar surface area (TPSA) is 117 Å². The molecule has 0 saturated heterocycles. The third-order valence-electron chi connectivity index (χ3n) is 8.32. The minimum Gasteiger partial charge on any atom is -0.505 e. The molecular formula is C30H31N3O5Si. The first-order valence-electron chi connectivity index (χ1n) is 13.2. The molecule has 8 nitrogen and oxygen atoms in total. The van der Waals surface area contributed by atoms with Gasteiger partial charge >= 0.3 is 11.9 Å². The molecule has 2 atom stereocenters. The number of carbonyl (C=O) groups excluding carboxylic acids is 2. The number of aliphatic hydroxyl groups excluding tert-OH is 1. The average Bonchev–Trinajstić information content (AvgIpc) is 3.30. The van der Waals surface area contributed by atoms with Gasteiger partial charge in [-0.05, 0) is 23.6 Å². The third kappa shape index (κ3) is 3.71. The fraction of sp³-hybridized carbons (Fsp3) is 0.300. The summed E-state index contributed by atoms with van der Waals surface area (Å²) in [5.41, 5.74) is 7.84. The monoisotopic (exact) mass is 541 g/mol. The lowest BCUT2D eigenvalue weighted by atomic mass is 9.79. The van der Waals surface area contributed by atoms with Gasteiger partial charge in [-0.1, -0.05) is 79.8 Å². The van der Waals surface area contributed by atoms with Crippen molar-refractivity contribution in [3.05, 3.63) is 93.4 Å². The van der Waals surface area contributed by atoms with Gasteiger partial charge in [0.1, 0.15) is 30.4 Å². The maximum Gasteiger partial charge on any atom is 0.355 e. The number of esters is 2. The highest BCUT2D eigenvalue weighted by Gasteiger charge is 2.57. The Bertz CT molecular complexity index is 1670. The molecule has 1 aliphatic carbocycles. The minimum absolute atomic E-state index is 0.0217. The van der Waals surface area contributed by atoms with Gasteiger partial charge in [-0.3, -0.25) is 4.79 Å². The van der Waals surface area contributed by atoms with Crippen LogP contribution in [0, 0.1) is 0 Å². The number of rotatable bonds is 5. The molecule has 9 heteroatoms. The molecule has 0 amide bonds. The molecule has 3 N–H and O–H groups in total. The van der Waals surface area contributed by atoms with E-state index in [1.807, 2.05) is 59.2 Å². The van der Waals surface area contributed by atoms with Crippen LogP contribution in [0.3, 0.4) is 0 Å². The van der Waals surface area contributed by atoms with E-state index in [2.05, 4.69) is 19.2 Å². The van der Waals surface area contributed by atoms with Crippen LogP contribution in [-0.4, -0.2) is 52.5 Å². The Morgan fingerprint density at radius 3 is 2.64 bits per heavy atom. The number of benzene rings is 2. The minimum atomic E-state index is -2.57. The summed E-state index contributed by atoms with van der Waals surface area (Å²) < 4.78 is 14.0. The second kappa shape index (κ2) is 9.06. The van der Waals surface area contributed by atoms with Crippen LogP contribution in [0.4, 0.5) is 0 Å². The number of fused-ring (bicyclic) bond motifs is 4. The molecule has 2 aromatic carbocycles. The molecular weight excluding hydrogens is 510 g/mol. The van der Waals surface area contributed by atoms with E-state index in [0.717, 1.165) is 21.8 Å². The molecule has 0 spiro atoms. The Morgan fingerprint density at radius 2 is 1.92 bits per heavy atom. The van der Waals surface area contributed by atoms with Gasteiger partial charge < -0.3 is 24.9 Å². The molecule has 3 aliphatic rings. The number of cyclic esters (lactones) is 1. The summed E-state index contributed by atoms with van der Waals surface area (Å²) in [6.07, 6.45) is 2.40. The molecule has 0 bridgehead atoms. The molecule has 39 heavy (non-hydrogen) atoms. The Labute approximate surface area is 227 Å². The van der Waals surface area contributed by atoms with Crippen molar-refractivity contribution in [3.8, 4) is 0 Å². The van der Waals surface area contributed by atoms with Crippen molar-refractivity contribution in [2.75, 3.05) is 6.54 Å². The summed E-state index contributed by atoms with van der Waals surface area (Å²) in [5.74, 6) is -1.32. The van der Waals surface area contributed by atoms with Crippen molar-refractivity contribution in [3.63, 3.8) is 0 Å². The van der Waals surface area contributed by atoms with E-state index in [-0.39, 0.29) is 25.1 Å². The zero-order chi connectivity index (χ0) is 27.5. The number of carbonyl (C=O) groups is 2. The predicted molar refractivity (Wildman–Crippen MR) is 149 cm³/mol. The Balaban J connectivity index is 1.62. The van der Waals surface area contributed by atoms with E-state index < -0.39 is 31.3 Å². The van der Waals surface area contributed by atoms with Crippen molar-refractivity contribution in [2.45, 2.75) is 50.7 Å². The largest absolute Gasteiger partial charge is 0.505 e. The zero-order valence-electron chi connectivity index (χ0n) is 22.2. The quantitative estimate of drug-likeness (QED) is 0.289. The summed E-state index contributed by atoms with van der Waals surface area (Å²) in [6, 6.07) is 18.0. The van der Waals surface area contributed by atoms with E-state index in [9.17, 15) is 14.7 Å². The highest BCUT2D eigenvalue weighted by Crippen LogP contribution is 2.44. The van der Waals surface area contributed by atoms with Gasteiger partial charge in [0, 0.05) is 17.6 Å². The molecule has 200 valence electrons. The number of nitrogens with zero attached hydrogens (tertiary/aromatic N) is 2. The molecule has 1 aromatic heterocycles. The summed E-state index contributed by atoms with van der Waals surface area (Å²) in [5, 5.41) is 13.8. The van der Waals surface area contributed by atoms with Crippen molar-refractivity contribution in [2.24, 2.45) is 5.73 Å². The van der Waals surface area contributed by atoms with Crippen LogP contribution >= 0.6 is 0 Å². The molecule has 0 saturated carbocycles. The van der Waals surface area contributed by atoms with Crippen molar-refractivity contribution >= 4 is 37.0 Å². The molecule has 2 unspecified atom stereocenters. The number of nitrogens with two attached hydrogens (primary N) is 1. The lowest BCUT2D eigenvalue weighted by molar-refractivity contribution is -0.181. The predicted octanol–water partition coefficient (Wildman–Crippen LogP) is 1.32. The van der Waals surface area contributed by atoms with E-state index >= 15 is 0 Å².